The Morgan fingerprint density at radius 3 is 2.74 bits per heavy atom. The molecule has 2 amide bonds. The fourth-order valence-corrected chi connectivity index (χ4v) is 4.09. The monoisotopic (exact) mass is 463 g/mol. The highest BCUT2D eigenvalue weighted by Gasteiger charge is 2.28. The Balaban J connectivity index is 0.00000272. The maximum Gasteiger partial charge on any atom is 0.246 e. The van der Waals surface area contributed by atoms with E-state index in [9.17, 15) is 9.59 Å². The molecule has 2 aromatic rings. The van der Waals surface area contributed by atoms with Gasteiger partial charge in [-0.1, -0.05) is 24.3 Å². The normalized spacial score (nSPS) is 17.1. The van der Waals surface area contributed by atoms with Crippen LogP contribution in [-0.4, -0.2) is 42.7 Å². The summed E-state index contributed by atoms with van der Waals surface area (Å²) in [6.45, 7) is 0.823. The second-order valence-corrected chi connectivity index (χ2v) is 8.29. The first-order chi connectivity index (χ1) is 14.6. The number of hydrogen-bond donors (Lipinski definition) is 3. The molecule has 9 heteroatoms. The van der Waals surface area contributed by atoms with Crippen molar-refractivity contribution in [2.75, 3.05) is 24.1 Å². The number of rotatable bonds is 7. The van der Waals surface area contributed by atoms with Gasteiger partial charge in [-0.05, 0) is 48.1 Å². The number of hydrogen-bond acceptors (Lipinski definition) is 6. The average molecular weight is 464 g/mol. The highest BCUT2D eigenvalue weighted by Crippen LogP contribution is 2.34. The predicted octanol–water partition coefficient (Wildman–Crippen LogP) is 2.73. The quantitative estimate of drug-likeness (QED) is 0.585. The van der Waals surface area contributed by atoms with Crippen molar-refractivity contribution in [1.82, 2.24) is 10.6 Å². The van der Waals surface area contributed by atoms with Gasteiger partial charge in [0.15, 0.2) is 11.5 Å². The van der Waals surface area contributed by atoms with Gasteiger partial charge in [0.05, 0.1) is 6.04 Å². The summed E-state index contributed by atoms with van der Waals surface area (Å²) in [5.41, 5.74) is 2.99. The maximum absolute atomic E-state index is 12.9. The molecule has 0 bridgehead atoms. The van der Waals surface area contributed by atoms with E-state index in [4.69, 9.17) is 9.47 Å². The molecule has 4 rings (SSSR count). The molecule has 2 heterocycles. The minimum atomic E-state index is -0.616. The molecule has 2 aromatic carbocycles. The molecule has 2 aliphatic rings. The van der Waals surface area contributed by atoms with Crippen LogP contribution in [-0.2, 0) is 22.6 Å². The molecule has 7 nitrogen and oxygen atoms in total. The number of halogens is 1. The summed E-state index contributed by atoms with van der Waals surface area (Å²) in [4.78, 5) is 25.8. The molecule has 166 valence electrons. The summed E-state index contributed by atoms with van der Waals surface area (Å²) < 4.78 is 10.7. The Bertz CT molecular complexity index is 943. The van der Waals surface area contributed by atoms with E-state index in [-0.39, 0.29) is 37.1 Å². The topological polar surface area (TPSA) is 88.7 Å². The third-order valence-electron chi connectivity index (χ3n) is 5.28. The van der Waals surface area contributed by atoms with Crippen molar-refractivity contribution >= 4 is 41.7 Å². The van der Waals surface area contributed by atoms with Gasteiger partial charge in [-0.25, -0.2) is 0 Å². The zero-order valence-electron chi connectivity index (χ0n) is 17.2. The molecule has 2 aliphatic heterocycles. The lowest BCUT2D eigenvalue weighted by Crippen LogP contribution is -2.53. The van der Waals surface area contributed by atoms with E-state index < -0.39 is 6.04 Å². The van der Waals surface area contributed by atoms with E-state index in [1.165, 1.54) is 11.1 Å². The van der Waals surface area contributed by atoms with Crippen LogP contribution in [0.15, 0.2) is 42.5 Å². The minimum Gasteiger partial charge on any atom is -0.454 e. The van der Waals surface area contributed by atoms with Gasteiger partial charge in [-0.3, -0.25) is 9.59 Å². The number of nitrogens with one attached hydrogen (secondary N) is 3. The molecule has 3 N–H and O–H groups in total. The van der Waals surface area contributed by atoms with Crippen LogP contribution >= 0.6 is 24.2 Å². The molecule has 31 heavy (non-hydrogen) atoms. The van der Waals surface area contributed by atoms with Crippen LogP contribution in [0.2, 0.25) is 0 Å². The Morgan fingerprint density at radius 2 is 1.94 bits per heavy atom. The first-order valence-corrected chi connectivity index (χ1v) is 11.3. The molecule has 0 saturated heterocycles. The van der Waals surface area contributed by atoms with Gasteiger partial charge in [0, 0.05) is 18.3 Å². The number of ether oxygens (including phenoxy) is 2. The Morgan fingerprint density at radius 1 is 1.16 bits per heavy atom. The Hall–Kier alpha value is -2.42. The molecule has 2 atom stereocenters. The van der Waals surface area contributed by atoms with Crippen molar-refractivity contribution < 1.29 is 19.1 Å². The van der Waals surface area contributed by atoms with Gasteiger partial charge in [0.1, 0.15) is 6.04 Å². The third kappa shape index (κ3) is 5.64. The van der Waals surface area contributed by atoms with E-state index in [0.717, 1.165) is 5.75 Å². The van der Waals surface area contributed by atoms with Crippen molar-refractivity contribution in [1.29, 1.82) is 0 Å². The van der Waals surface area contributed by atoms with Gasteiger partial charge >= 0.3 is 0 Å². The standard InChI is InChI=1S/C22H25N3O4S.ClH/c1-30-9-8-17(21(26)24-16-6-7-19-20(11-16)29-13-28-19)25-22(27)18-10-14-4-2-3-5-15(14)12-23-18;/h2-7,11,17-18,23H,8-10,12-13H2,1H3,(H,24,26)(H,25,27);1H/t17-,18-;/m0./s1. The van der Waals surface area contributed by atoms with Crippen LogP contribution in [0.4, 0.5) is 5.69 Å². The van der Waals surface area contributed by atoms with Crippen LogP contribution in [0.25, 0.3) is 0 Å². The van der Waals surface area contributed by atoms with E-state index >= 15 is 0 Å². The molecular weight excluding hydrogens is 438 g/mol. The molecule has 0 fully saturated rings. The van der Waals surface area contributed by atoms with Crippen molar-refractivity contribution in [3.63, 3.8) is 0 Å². The second kappa shape index (κ2) is 10.7. The van der Waals surface area contributed by atoms with Gasteiger partial charge in [0.2, 0.25) is 18.6 Å². The largest absolute Gasteiger partial charge is 0.454 e. The number of carbonyl (C=O) groups excluding carboxylic acids is 2. The lowest BCUT2D eigenvalue weighted by Gasteiger charge is -2.27. The predicted molar refractivity (Wildman–Crippen MR) is 124 cm³/mol. The molecule has 0 aromatic heterocycles. The number of amides is 2. The lowest BCUT2D eigenvalue weighted by molar-refractivity contribution is -0.128. The average Bonchev–Trinajstić information content (AvgIpc) is 3.24. The minimum absolute atomic E-state index is 0. The summed E-state index contributed by atoms with van der Waals surface area (Å²) in [6.07, 6.45) is 3.14. The third-order valence-corrected chi connectivity index (χ3v) is 5.93. The van der Waals surface area contributed by atoms with E-state index in [1.54, 1.807) is 30.0 Å². The van der Waals surface area contributed by atoms with Crippen molar-refractivity contribution in [2.45, 2.75) is 31.5 Å². The summed E-state index contributed by atoms with van der Waals surface area (Å²) >= 11 is 1.64. The highest BCUT2D eigenvalue weighted by atomic mass is 35.5. The molecular formula is C22H26ClN3O4S. The smallest absolute Gasteiger partial charge is 0.246 e. The van der Waals surface area contributed by atoms with E-state index in [1.807, 2.05) is 24.5 Å². The Labute approximate surface area is 192 Å². The number of carbonyl (C=O) groups is 2. The highest BCUT2D eigenvalue weighted by molar-refractivity contribution is 7.98. The first kappa shape index (κ1) is 23.2. The fourth-order valence-electron chi connectivity index (χ4n) is 3.62. The molecule has 0 saturated carbocycles. The van der Waals surface area contributed by atoms with Crippen LogP contribution in [0, 0.1) is 0 Å². The van der Waals surface area contributed by atoms with Gasteiger partial charge in [0.25, 0.3) is 0 Å². The van der Waals surface area contributed by atoms with Crippen molar-refractivity contribution in [3.8, 4) is 11.5 Å². The van der Waals surface area contributed by atoms with Crippen molar-refractivity contribution in [3.05, 3.63) is 53.6 Å². The molecule has 0 aliphatic carbocycles. The summed E-state index contributed by atoms with van der Waals surface area (Å²) in [5, 5.41) is 9.10. The lowest BCUT2D eigenvalue weighted by atomic mass is 9.95. The van der Waals surface area contributed by atoms with Crippen LogP contribution in [0.5, 0.6) is 11.5 Å². The number of thioether (sulfide) groups is 1. The SMILES string of the molecule is CSCC[C@H](NC(=O)[C@@H]1Cc2ccccc2CN1)C(=O)Nc1ccc2c(c1)OCO2.Cl. The van der Waals surface area contributed by atoms with Gasteiger partial charge in [-0.2, -0.15) is 11.8 Å². The van der Waals surface area contributed by atoms with Gasteiger partial charge in [-0.15, -0.1) is 12.4 Å². The first-order valence-electron chi connectivity index (χ1n) is 9.94. The summed E-state index contributed by atoms with van der Waals surface area (Å²) in [6, 6.07) is 12.4. The Kier molecular flexibility index (Phi) is 8.06. The molecule has 0 radical (unpaired) electrons. The van der Waals surface area contributed by atoms with Crippen LogP contribution < -0.4 is 25.4 Å². The maximum atomic E-state index is 12.9. The molecule has 0 spiro atoms. The van der Waals surface area contributed by atoms with E-state index in [0.29, 0.717) is 36.6 Å². The summed E-state index contributed by atoms with van der Waals surface area (Å²) in [5.74, 6) is 1.62. The number of benzene rings is 2. The zero-order valence-corrected chi connectivity index (χ0v) is 18.8. The van der Waals surface area contributed by atoms with Crippen LogP contribution in [0.3, 0.4) is 0 Å². The zero-order chi connectivity index (χ0) is 20.9. The van der Waals surface area contributed by atoms with Gasteiger partial charge < -0.3 is 25.4 Å². The number of fused-ring (bicyclic) bond motifs is 2. The van der Waals surface area contributed by atoms with E-state index in [2.05, 4.69) is 22.0 Å². The van der Waals surface area contributed by atoms with Crippen LogP contribution in [0.1, 0.15) is 17.5 Å². The number of anilines is 1. The second-order valence-electron chi connectivity index (χ2n) is 7.31. The fraction of sp³-hybridized carbons (Fsp3) is 0.364. The van der Waals surface area contributed by atoms with Crippen molar-refractivity contribution in [2.24, 2.45) is 0 Å². The summed E-state index contributed by atoms with van der Waals surface area (Å²) in [7, 11) is 0. The molecule has 0 unspecified atom stereocenters.